The highest BCUT2D eigenvalue weighted by Gasteiger charge is 2.46. The Morgan fingerprint density at radius 2 is 1.97 bits per heavy atom. The molecule has 0 unspecified atom stereocenters. The zero-order valence-corrected chi connectivity index (χ0v) is 20.8. The first-order valence-corrected chi connectivity index (χ1v) is 11.5. The summed E-state index contributed by atoms with van der Waals surface area (Å²) in [5.74, 6) is -2.34. The van der Waals surface area contributed by atoms with Crippen molar-refractivity contribution in [2.24, 2.45) is 0 Å². The monoisotopic (exact) mass is 487 g/mol. The van der Waals surface area contributed by atoms with E-state index < -0.39 is 23.7 Å². The van der Waals surface area contributed by atoms with E-state index in [-0.39, 0.29) is 23.6 Å². The van der Waals surface area contributed by atoms with Crippen molar-refractivity contribution in [2.75, 3.05) is 33.8 Å². The molecule has 1 aliphatic heterocycles. The molecule has 0 saturated carbocycles. The van der Waals surface area contributed by atoms with Crippen LogP contribution in [0.3, 0.4) is 0 Å². The number of aliphatic hydroxyl groups excluding tert-OH is 1. The predicted molar refractivity (Wildman–Crippen MR) is 130 cm³/mol. The van der Waals surface area contributed by atoms with Gasteiger partial charge in [0.1, 0.15) is 11.5 Å². The van der Waals surface area contributed by atoms with Crippen LogP contribution in [0.15, 0.2) is 29.8 Å². The molecule has 1 fully saturated rings. The maximum atomic E-state index is 13.2. The molecule has 8 nitrogen and oxygen atoms in total. The summed E-state index contributed by atoms with van der Waals surface area (Å²) in [6.07, 6.45) is 0.645. The molecule has 1 aromatic heterocycles. The van der Waals surface area contributed by atoms with Crippen LogP contribution < -0.4 is 0 Å². The summed E-state index contributed by atoms with van der Waals surface area (Å²) in [4.78, 5) is 45.0. The van der Waals surface area contributed by atoms with Gasteiger partial charge in [0.2, 0.25) is 0 Å². The third-order valence-electron chi connectivity index (χ3n) is 5.86. The molecule has 3 rings (SSSR count). The van der Waals surface area contributed by atoms with E-state index in [9.17, 15) is 19.5 Å². The van der Waals surface area contributed by atoms with Crippen LogP contribution in [0.5, 0.6) is 0 Å². The molecule has 182 valence electrons. The number of aliphatic hydroxyl groups is 1. The minimum atomic E-state index is -0.805. The van der Waals surface area contributed by atoms with Gasteiger partial charge in [0.15, 0.2) is 0 Å². The Morgan fingerprint density at radius 3 is 2.59 bits per heavy atom. The van der Waals surface area contributed by atoms with Crippen LogP contribution in [0, 0.1) is 13.8 Å². The number of carbonyl (C=O) groups excluding carboxylic acids is 3. The van der Waals surface area contributed by atoms with E-state index in [0.29, 0.717) is 40.4 Å². The number of Topliss-reactive ketones (excluding diaryl/α,β-unsaturated/α-hetero) is 1. The van der Waals surface area contributed by atoms with Crippen molar-refractivity contribution < 1.29 is 24.2 Å². The number of esters is 1. The van der Waals surface area contributed by atoms with Crippen LogP contribution >= 0.6 is 11.6 Å². The van der Waals surface area contributed by atoms with Gasteiger partial charge in [-0.25, -0.2) is 4.79 Å². The highest BCUT2D eigenvalue weighted by molar-refractivity contribution is 6.46. The Bertz CT molecular complexity index is 1150. The third-order valence-corrected chi connectivity index (χ3v) is 6.10. The van der Waals surface area contributed by atoms with Gasteiger partial charge in [-0.2, -0.15) is 0 Å². The lowest BCUT2D eigenvalue weighted by molar-refractivity contribution is -0.139. The summed E-state index contributed by atoms with van der Waals surface area (Å²) in [5, 5.41) is 11.8. The number of H-pyrrole nitrogens is 1. The molecule has 2 N–H and O–H groups in total. The maximum Gasteiger partial charge on any atom is 0.355 e. The molecule has 0 bridgehead atoms. The lowest BCUT2D eigenvalue weighted by Crippen LogP contribution is -2.32. The van der Waals surface area contributed by atoms with E-state index in [0.717, 1.165) is 6.54 Å². The van der Waals surface area contributed by atoms with Crippen molar-refractivity contribution in [1.82, 2.24) is 14.8 Å². The standard InChI is InChI=1S/C25H30ClN3O5/c1-6-34-25(33)20-14(2)18(15(3)27-20)22(30)19-21(16-9-7-10-17(26)13-16)29(24(32)23(19)31)12-8-11-28(4)5/h7,9-10,13,21,27,30H,6,8,11-12H2,1-5H3/t21-/m1/s1. The maximum absolute atomic E-state index is 13.2. The Hall–Kier alpha value is -3.10. The van der Waals surface area contributed by atoms with Crippen molar-refractivity contribution in [3.63, 3.8) is 0 Å². The first kappa shape index (κ1) is 25.5. The molecule has 0 radical (unpaired) electrons. The van der Waals surface area contributed by atoms with Crippen LogP contribution in [0.4, 0.5) is 0 Å². The second kappa shape index (κ2) is 10.4. The number of aromatic nitrogens is 1. The third kappa shape index (κ3) is 4.88. The van der Waals surface area contributed by atoms with E-state index in [2.05, 4.69) is 4.98 Å². The van der Waals surface area contributed by atoms with Crippen LogP contribution in [0.1, 0.15) is 52.3 Å². The number of rotatable bonds is 8. The number of aromatic amines is 1. The summed E-state index contributed by atoms with van der Waals surface area (Å²) in [6.45, 7) is 6.30. The van der Waals surface area contributed by atoms with Gasteiger partial charge in [0.05, 0.1) is 18.2 Å². The molecule has 1 aromatic carbocycles. The van der Waals surface area contributed by atoms with Gasteiger partial charge in [0.25, 0.3) is 11.7 Å². The summed E-state index contributed by atoms with van der Waals surface area (Å²) < 4.78 is 5.09. The molecular weight excluding hydrogens is 458 g/mol. The first-order valence-electron chi connectivity index (χ1n) is 11.1. The van der Waals surface area contributed by atoms with E-state index in [4.69, 9.17) is 16.3 Å². The molecule has 9 heteroatoms. The van der Waals surface area contributed by atoms with Gasteiger partial charge in [-0.3, -0.25) is 9.59 Å². The lowest BCUT2D eigenvalue weighted by Gasteiger charge is -2.26. The average Bonchev–Trinajstić information content (AvgIpc) is 3.21. The number of hydrogen-bond acceptors (Lipinski definition) is 6. The molecule has 1 atom stereocenters. The van der Waals surface area contributed by atoms with Gasteiger partial charge in [0, 0.05) is 22.8 Å². The Morgan fingerprint density at radius 1 is 1.26 bits per heavy atom. The Balaban J connectivity index is 2.16. The minimum absolute atomic E-state index is 0.0299. The molecule has 0 aliphatic carbocycles. The fourth-order valence-electron chi connectivity index (χ4n) is 4.34. The second-order valence-corrected chi connectivity index (χ2v) is 8.99. The summed E-state index contributed by atoms with van der Waals surface area (Å²) in [6, 6.07) is 6.10. The van der Waals surface area contributed by atoms with E-state index >= 15 is 0 Å². The van der Waals surface area contributed by atoms with Crippen molar-refractivity contribution in [2.45, 2.75) is 33.2 Å². The second-order valence-electron chi connectivity index (χ2n) is 8.55. The molecule has 2 heterocycles. The Labute approximate surface area is 204 Å². The van der Waals surface area contributed by atoms with E-state index in [1.54, 1.807) is 45.0 Å². The van der Waals surface area contributed by atoms with Gasteiger partial charge < -0.3 is 24.6 Å². The van der Waals surface area contributed by atoms with Crippen LogP contribution in [0.2, 0.25) is 5.02 Å². The zero-order chi connectivity index (χ0) is 25.2. The minimum Gasteiger partial charge on any atom is -0.507 e. The number of aryl methyl sites for hydroxylation is 1. The SMILES string of the molecule is CCOC(=O)c1[nH]c(C)c(C(O)=C2C(=O)C(=O)N(CCCN(C)C)[C@@H]2c2cccc(Cl)c2)c1C. The van der Waals surface area contributed by atoms with Crippen molar-refractivity contribution in [3.05, 3.63) is 62.9 Å². The molecule has 0 spiro atoms. The number of benzene rings is 1. The van der Waals surface area contributed by atoms with Crippen molar-refractivity contribution in [1.29, 1.82) is 0 Å². The van der Waals surface area contributed by atoms with Gasteiger partial charge >= 0.3 is 5.97 Å². The summed E-state index contributed by atoms with van der Waals surface area (Å²) in [5.41, 5.74) is 2.02. The number of amides is 1. The number of halogens is 1. The van der Waals surface area contributed by atoms with E-state index in [1.807, 2.05) is 19.0 Å². The smallest absolute Gasteiger partial charge is 0.355 e. The quantitative estimate of drug-likeness (QED) is 0.254. The summed E-state index contributed by atoms with van der Waals surface area (Å²) in [7, 11) is 3.86. The average molecular weight is 488 g/mol. The zero-order valence-electron chi connectivity index (χ0n) is 20.1. The number of nitrogens with zero attached hydrogens (tertiary/aromatic N) is 2. The molecule has 2 aromatic rings. The number of ether oxygens (including phenoxy) is 1. The number of carbonyl (C=O) groups is 3. The van der Waals surface area contributed by atoms with Gasteiger partial charge in [-0.1, -0.05) is 23.7 Å². The predicted octanol–water partition coefficient (Wildman–Crippen LogP) is 3.84. The van der Waals surface area contributed by atoms with Crippen LogP contribution in [0.25, 0.3) is 5.76 Å². The highest BCUT2D eigenvalue weighted by atomic mass is 35.5. The van der Waals surface area contributed by atoms with Crippen molar-refractivity contribution >= 4 is 35.0 Å². The largest absolute Gasteiger partial charge is 0.507 e. The number of hydrogen-bond donors (Lipinski definition) is 2. The molecular formula is C25H30ClN3O5. The van der Waals surface area contributed by atoms with Crippen LogP contribution in [-0.2, 0) is 14.3 Å². The fraction of sp³-hybridized carbons (Fsp3) is 0.400. The van der Waals surface area contributed by atoms with Gasteiger partial charge in [-0.05, 0) is 71.1 Å². The van der Waals surface area contributed by atoms with E-state index in [1.165, 1.54) is 4.90 Å². The van der Waals surface area contributed by atoms with Gasteiger partial charge in [-0.15, -0.1) is 0 Å². The molecule has 34 heavy (non-hydrogen) atoms. The normalized spacial score (nSPS) is 17.6. The topological polar surface area (TPSA) is 103 Å². The van der Waals surface area contributed by atoms with Crippen LogP contribution in [-0.4, -0.2) is 71.3 Å². The van der Waals surface area contributed by atoms with Crippen molar-refractivity contribution in [3.8, 4) is 0 Å². The molecule has 1 amide bonds. The molecule has 1 aliphatic rings. The first-order chi connectivity index (χ1) is 16.1. The highest BCUT2D eigenvalue weighted by Crippen LogP contribution is 2.41. The number of nitrogens with one attached hydrogen (secondary N) is 1. The number of likely N-dealkylation sites (tertiary alicyclic amines) is 1. The number of ketones is 1. The lowest BCUT2D eigenvalue weighted by atomic mass is 9.94. The molecule has 1 saturated heterocycles. The Kier molecular flexibility index (Phi) is 7.84. The fourth-order valence-corrected chi connectivity index (χ4v) is 4.54. The summed E-state index contributed by atoms with van der Waals surface area (Å²) >= 11 is 6.22.